The second kappa shape index (κ2) is 7.36. The molecule has 0 radical (unpaired) electrons. The standard InChI is InChI=1S/C18H15ClF4N4S/c19-17-25-9-11(28-17)8-24-10-5-6-15(13(20)7-10)27-14-4-2-1-3-12(14)16(26-27)18(21,22)23/h5-7,9,24H,1-4,8H2. The molecular formula is C18H15ClF4N4S. The van der Waals surface area contributed by atoms with Crippen LogP contribution in [0, 0.1) is 5.82 Å². The van der Waals surface area contributed by atoms with Gasteiger partial charge in [-0.1, -0.05) is 11.6 Å². The summed E-state index contributed by atoms with van der Waals surface area (Å²) < 4.78 is 56.3. The van der Waals surface area contributed by atoms with Crippen LogP contribution in [0.25, 0.3) is 5.69 Å². The van der Waals surface area contributed by atoms with Gasteiger partial charge in [0.05, 0.1) is 6.54 Å². The van der Waals surface area contributed by atoms with E-state index in [1.54, 1.807) is 12.3 Å². The predicted molar refractivity (Wildman–Crippen MR) is 99.6 cm³/mol. The van der Waals surface area contributed by atoms with Crippen LogP contribution < -0.4 is 5.32 Å². The van der Waals surface area contributed by atoms with Crippen LogP contribution in [0.1, 0.15) is 34.7 Å². The van der Waals surface area contributed by atoms with Crippen LogP contribution in [0.3, 0.4) is 0 Å². The zero-order valence-electron chi connectivity index (χ0n) is 14.5. The van der Waals surface area contributed by atoms with E-state index in [0.29, 0.717) is 41.7 Å². The van der Waals surface area contributed by atoms with E-state index in [0.717, 1.165) is 16.0 Å². The number of alkyl halides is 3. The summed E-state index contributed by atoms with van der Waals surface area (Å²) in [6.07, 6.45) is -0.740. The fourth-order valence-corrected chi connectivity index (χ4v) is 4.29. The molecule has 1 aromatic carbocycles. The van der Waals surface area contributed by atoms with Crippen molar-refractivity contribution in [2.75, 3.05) is 5.32 Å². The van der Waals surface area contributed by atoms with Gasteiger partial charge < -0.3 is 5.32 Å². The molecule has 0 bridgehead atoms. The highest BCUT2D eigenvalue weighted by atomic mass is 35.5. The summed E-state index contributed by atoms with van der Waals surface area (Å²) in [5, 5.41) is 6.78. The van der Waals surface area contributed by atoms with Gasteiger partial charge in [0.1, 0.15) is 5.69 Å². The number of hydrogen-bond acceptors (Lipinski definition) is 4. The van der Waals surface area contributed by atoms with Crippen LogP contribution in [0.4, 0.5) is 23.2 Å². The van der Waals surface area contributed by atoms with E-state index in [-0.39, 0.29) is 11.3 Å². The average molecular weight is 431 g/mol. The van der Waals surface area contributed by atoms with E-state index >= 15 is 0 Å². The molecule has 2 heterocycles. The third-order valence-corrected chi connectivity index (χ3v) is 5.73. The maximum Gasteiger partial charge on any atom is 0.435 e. The Labute approximate surface area is 167 Å². The molecule has 0 amide bonds. The fourth-order valence-electron chi connectivity index (χ4n) is 3.37. The van der Waals surface area contributed by atoms with E-state index in [1.807, 2.05) is 0 Å². The molecule has 148 valence electrons. The van der Waals surface area contributed by atoms with Crippen LogP contribution in [0.5, 0.6) is 0 Å². The number of rotatable bonds is 4. The monoisotopic (exact) mass is 430 g/mol. The molecule has 2 aromatic heterocycles. The van der Waals surface area contributed by atoms with Crippen molar-refractivity contribution in [3.05, 3.63) is 56.5 Å². The molecular weight excluding hydrogens is 416 g/mol. The Kier molecular flexibility index (Phi) is 5.05. The van der Waals surface area contributed by atoms with Gasteiger partial charge in [0.2, 0.25) is 0 Å². The van der Waals surface area contributed by atoms with Crippen molar-refractivity contribution < 1.29 is 17.6 Å². The molecule has 10 heteroatoms. The lowest BCUT2D eigenvalue weighted by Crippen LogP contribution is -2.11. The summed E-state index contributed by atoms with van der Waals surface area (Å²) in [5.74, 6) is -0.642. The third kappa shape index (κ3) is 3.73. The Bertz CT molecular complexity index is 1010. The van der Waals surface area contributed by atoms with Gasteiger partial charge in [-0.05, 0) is 43.9 Å². The minimum Gasteiger partial charge on any atom is -0.380 e. The predicted octanol–water partition coefficient (Wildman–Crippen LogP) is 5.63. The van der Waals surface area contributed by atoms with Crippen molar-refractivity contribution in [2.45, 2.75) is 38.4 Å². The normalized spacial score (nSPS) is 14.2. The van der Waals surface area contributed by atoms with Crippen molar-refractivity contribution in [3.8, 4) is 5.69 Å². The quantitative estimate of drug-likeness (QED) is 0.545. The number of halogens is 5. The first-order valence-corrected chi connectivity index (χ1v) is 9.84. The number of thiazole rings is 1. The molecule has 0 aliphatic heterocycles. The molecule has 4 rings (SSSR count). The number of benzene rings is 1. The Morgan fingerprint density at radius 2 is 2.00 bits per heavy atom. The first-order valence-electron chi connectivity index (χ1n) is 8.65. The van der Waals surface area contributed by atoms with Crippen LogP contribution >= 0.6 is 22.9 Å². The highest BCUT2D eigenvalue weighted by Crippen LogP contribution is 2.37. The van der Waals surface area contributed by atoms with Crippen molar-refractivity contribution in [1.82, 2.24) is 14.8 Å². The summed E-state index contributed by atoms with van der Waals surface area (Å²) in [6, 6.07) is 4.31. The number of anilines is 1. The van der Waals surface area contributed by atoms with Crippen LogP contribution in [0.2, 0.25) is 4.47 Å². The third-order valence-electron chi connectivity index (χ3n) is 4.62. The minimum atomic E-state index is -4.55. The minimum absolute atomic E-state index is 0.0139. The van der Waals surface area contributed by atoms with E-state index in [2.05, 4.69) is 15.4 Å². The van der Waals surface area contributed by atoms with Gasteiger partial charge in [0, 0.05) is 28.0 Å². The van der Waals surface area contributed by atoms with E-state index in [4.69, 9.17) is 11.6 Å². The molecule has 0 saturated carbocycles. The van der Waals surface area contributed by atoms with Crippen molar-refractivity contribution in [1.29, 1.82) is 0 Å². The summed E-state index contributed by atoms with van der Waals surface area (Å²) in [6.45, 7) is 0.415. The lowest BCUT2D eigenvalue weighted by Gasteiger charge is -2.15. The Morgan fingerprint density at radius 3 is 2.68 bits per heavy atom. The Balaban J connectivity index is 1.63. The topological polar surface area (TPSA) is 42.7 Å². The SMILES string of the molecule is Fc1cc(NCc2cnc(Cl)s2)ccc1-n1nc(C(F)(F)F)c2c1CCCC2. The van der Waals surface area contributed by atoms with Gasteiger partial charge in [-0.2, -0.15) is 18.3 Å². The molecule has 0 fully saturated rings. The van der Waals surface area contributed by atoms with E-state index in [9.17, 15) is 17.6 Å². The maximum atomic E-state index is 14.7. The lowest BCUT2D eigenvalue weighted by atomic mass is 9.95. The van der Waals surface area contributed by atoms with Gasteiger partial charge in [0.25, 0.3) is 0 Å². The molecule has 0 unspecified atom stereocenters. The molecule has 0 saturated heterocycles. The second-order valence-electron chi connectivity index (χ2n) is 6.49. The molecule has 0 atom stereocenters. The molecule has 4 nitrogen and oxygen atoms in total. The average Bonchev–Trinajstić information content (AvgIpc) is 3.23. The van der Waals surface area contributed by atoms with Gasteiger partial charge in [-0.3, -0.25) is 0 Å². The van der Waals surface area contributed by atoms with Crippen LogP contribution in [0.15, 0.2) is 24.4 Å². The van der Waals surface area contributed by atoms with Gasteiger partial charge in [0.15, 0.2) is 16.0 Å². The molecule has 1 N–H and O–H groups in total. The Morgan fingerprint density at radius 1 is 1.21 bits per heavy atom. The molecule has 0 spiro atoms. The van der Waals surface area contributed by atoms with Gasteiger partial charge in [-0.25, -0.2) is 14.1 Å². The zero-order chi connectivity index (χ0) is 19.9. The number of fused-ring (bicyclic) bond motifs is 1. The second-order valence-corrected chi connectivity index (χ2v) is 8.19. The van der Waals surface area contributed by atoms with Gasteiger partial charge in [-0.15, -0.1) is 11.3 Å². The maximum absolute atomic E-state index is 14.7. The fraction of sp³-hybridized carbons (Fsp3) is 0.333. The van der Waals surface area contributed by atoms with Crippen molar-refractivity contribution >= 4 is 28.6 Å². The molecule has 1 aliphatic rings. The molecule has 28 heavy (non-hydrogen) atoms. The van der Waals surface area contributed by atoms with Crippen molar-refractivity contribution in [3.63, 3.8) is 0 Å². The summed E-state index contributed by atoms with van der Waals surface area (Å²) >= 11 is 7.09. The first-order chi connectivity index (χ1) is 13.3. The van der Waals surface area contributed by atoms with Crippen LogP contribution in [-0.2, 0) is 25.6 Å². The Hall–Kier alpha value is -2.13. The van der Waals surface area contributed by atoms with E-state index in [1.165, 1.54) is 23.5 Å². The summed E-state index contributed by atoms with van der Waals surface area (Å²) in [7, 11) is 0. The summed E-state index contributed by atoms with van der Waals surface area (Å²) in [4.78, 5) is 4.81. The number of nitrogens with one attached hydrogen (secondary N) is 1. The number of nitrogens with zero attached hydrogens (tertiary/aromatic N) is 3. The largest absolute Gasteiger partial charge is 0.435 e. The first kappa shape index (κ1) is 19.2. The smallest absolute Gasteiger partial charge is 0.380 e. The van der Waals surface area contributed by atoms with Crippen LogP contribution in [-0.4, -0.2) is 14.8 Å². The zero-order valence-corrected chi connectivity index (χ0v) is 16.1. The van der Waals surface area contributed by atoms with Gasteiger partial charge >= 0.3 is 6.18 Å². The molecule has 1 aliphatic carbocycles. The molecule has 3 aromatic rings. The van der Waals surface area contributed by atoms with Crippen molar-refractivity contribution in [2.24, 2.45) is 0 Å². The lowest BCUT2D eigenvalue weighted by molar-refractivity contribution is -0.142. The highest BCUT2D eigenvalue weighted by molar-refractivity contribution is 7.15. The number of aromatic nitrogens is 3. The van der Waals surface area contributed by atoms with E-state index < -0.39 is 17.7 Å². The highest BCUT2D eigenvalue weighted by Gasteiger charge is 2.39. The number of hydrogen-bond donors (Lipinski definition) is 1. The summed E-state index contributed by atoms with van der Waals surface area (Å²) in [5.41, 5.74) is 0.230.